The van der Waals surface area contributed by atoms with E-state index in [1.165, 1.54) is 0 Å². The molecule has 1 amide bonds. The molecule has 1 fully saturated rings. The van der Waals surface area contributed by atoms with E-state index in [-0.39, 0.29) is 11.1 Å². The van der Waals surface area contributed by atoms with Crippen LogP contribution in [-0.2, 0) is 12.0 Å². The number of fused-ring (bicyclic) bond motifs is 1. The van der Waals surface area contributed by atoms with Crippen molar-refractivity contribution in [1.29, 1.82) is 0 Å². The highest BCUT2D eigenvalue weighted by molar-refractivity contribution is 6.05. The Hall–Kier alpha value is -3.12. The zero-order valence-electron chi connectivity index (χ0n) is 17.5. The quantitative estimate of drug-likeness (QED) is 0.598. The van der Waals surface area contributed by atoms with Gasteiger partial charge in [-0.3, -0.25) is 4.79 Å². The van der Waals surface area contributed by atoms with Crippen molar-refractivity contribution in [1.82, 2.24) is 0 Å². The maximum atomic E-state index is 12.7. The van der Waals surface area contributed by atoms with Crippen LogP contribution in [0.2, 0.25) is 0 Å². The number of nitrogens with one attached hydrogen (secondary N) is 1. The number of nitrogens with two attached hydrogens (primary N) is 1. The Morgan fingerprint density at radius 2 is 1.90 bits per heavy atom. The highest BCUT2D eigenvalue weighted by Gasteiger charge is 2.39. The van der Waals surface area contributed by atoms with E-state index < -0.39 is 11.5 Å². The molecule has 3 aromatic rings. The van der Waals surface area contributed by atoms with Gasteiger partial charge in [-0.15, -0.1) is 0 Å². The number of amides is 1. The lowest BCUT2D eigenvalue weighted by atomic mass is 9.99. The number of rotatable bonds is 6. The maximum absolute atomic E-state index is 12.7. The van der Waals surface area contributed by atoms with Gasteiger partial charge in [0.15, 0.2) is 0 Å². The molecule has 1 saturated carbocycles. The molecule has 6 heteroatoms. The summed E-state index contributed by atoms with van der Waals surface area (Å²) >= 11 is 0. The van der Waals surface area contributed by atoms with E-state index >= 15 is 0 Å². The summed E-state index contributed by atoms with van der Waals surface area (Å²) in [6, 6.07) is 12.6. The molecule has 0 spiro atoms. The normalized spacial score (nSPS) is 14.7. The third-order valence-electron chi connectivity index (χ3n) is 5.55. The predicted molar refractivity (Wildman–Crippen MR) is 117 cm³/mol. The lowest BCUT2D eigenvalue weighted by Crippen LogP contribution is -2.21. The largest absolute Gasteiger partial charge is 0.496 e. The van der Waals surface area contributed by atoms with Crippen LogP contribution < -0.4 is 21.4 Å². The summed E-state index contributed by atoms with van der Waals surface area (Å²) < 4.78 is 11.0. The Labute approximate surface area is 175 Å². The van der Waals surface area contributed by atoms with Crippen LogP contribution in [-0.4, -0.2) is 13.0 Å². The molecule has 0 unspecified atom stereocenters. The molecule has 156 valence electrons. The molecule has 0 radical (unpaired) electrons. The average Bonchev–Trinajstić information content (AvgIpc) is 3.46. The van der Waals surface area contributed by atoms with Crippen molar-refractivity contribution in [2.24, 2.45) is 11.7 Å². The summed E-state index contributed by atoms with van der Waals surface area (Å²) in [5.41, 5.74) is 8.21. The van der Waals surface area contributed by atoms with Crippen molar-refractivity contribution in [3.05, 3.63) is 69.6 Å². The Kier molecular flexibility index (Phi) is 5.12. The monoisotopic (exact) mass is 406 g/mol. The molecule has 0 aliphatic heterocycles. The molecule has 0 saturated heterocycles. The van der Waals surface area contributed by atoms with Crippen LogP contribution in [0, 0.1) is 5.92 Å². The third kappa shape index (κ3) is 3.83. The van der Waals surface area contributed by atoms with Crippen LogP contribution in [0.3, 0.4) is 0 Å². The summed E-state index contributed by atoms with van der Waals surface area (Å²) in [5.74, 6) is 0.516. The van der Waals surface area contributed by atoms with Crippen molar-refractivity contribution < 1.29 is 13.9 Å². The molecule has 6 nitrogen and oxygen atoms in total. The van der Waals surface area contributed by atoms with E-state index in [0.717, 1.165) is 24.0 Å². The van der Waals surface area contributed by atoms with E-state index in [0.29, 0.717) is 34.7 Å². The van der Waals surface area contributed by atoms with Gasteiger partial charge < -0.3 is 20.2 Å². The molecule has 0 atom stereocenters. The van der Waals surface area contributed by atoms with Crippen molar-refractivity contribution in [3.8, 4) is 5.75 Å². The van der Waals surface area contributed by atoms with Gasteiger partial charge in [0.25, 0.3) is 5.91 Å². The first-order chi connectivity index (χ1) is 14.3. The predicted octanol–water partition coefficient (Wildman–Crippen LogP) is 4.20. The summed E-state index contributed by atoms with van der Waals surface area (Å²) in [6.07, 6.45) is 2.64. The summed E-state index contributed by atoms with van der Waals surface area (Å²) in [6.45, 7) is 4.17. The van der Waals surface area contributed by atoms with Gasteiger partial charge in [0.1, 0.15) is 16.9 Å². The first kappa shape index (κ1) is 20.2. The number of carbonyl (C=O) groups excluding carboxylic acids is 1. The topological polar surface area (TPSA) is 94.6 Å². The SMILES string of the molecule is COc1ccc2cc(C(=O)Nc3ccc(C4(N)CC4)cc3)c(=O)oc2c1CC(C)C. The molecule has 1 aliphatic rings. The Morgan fingerprint density at radius 1 is 1.20 bits per heavy atom. The van der Waals surface area contributed by atoms with Crippen molar-refractivity contribution in [3.63, 3.8) is 0 Å². The average molecular weight is 406 g/mol. The fourth-order valence-corrected chi connectivity index (χ4v) is 3.68. The number of benzene rings is 2. The van der Waals surface area contributed by atoms with Crippen LogP contribution in [0.4, 0.5) is 5.69 Å². The second kappa shape index (κ2) is 7.61. The summed E-state index contributed by atoms with van der Waals surface area (Å²) in [4.78, 5) is 25.3. The number of hydrogen-bond acceptors (Lipinski definition) is 5. The molecular formula is C24H26N2O4. The van der Waals surface area contributed by atoms with Gasteiger partial charge in [-0.1, -0.05) is 26.0 Å². The van der Waals surface area contributed by atoms with E-state index in [1.54, 1.807) is 31.4 Å². The number of methoxy groups -OCH3 is 1. The third-order valence-corrected chi connectivity index (χ3v) is 5.55. The van der Waals surface area contributed by atoms with E-state index in [2.05, 4.69) is 19.2 Å². The van der Waals surface area contributed by atoms with Gasteiger partial charge in [0.2, 0.25) is 0 Å². The smallest absolute Gasteiger partial charge is 0.349 e. The molecule has 30 heavy (non-hydrogen) atoms. The number of ether oxygens (including phenoxy) is 1. The fraction of sp³-hybridized carbons (Fsp3) is 0.333. The minimum absolute atomic E-state index is 0.0373. The lowest BCUT2D eigenvalue weighted by molar-refractivity contribution is 0.102. The van der Waals surface area contributed by atoms with Crippen LogP contribution in [0.15, 0.2) is 51.7 Å². The van der Waals surface area contributed by atoms with E-state index in [4.69, 9.17) is 14.9 Å². The fourth-order valence-electron chi connectivity index (χ4n) is 3.68. The first-order valence-corrected chi connectivity index (χ1v) is 10.2. The number of hydrogen-bond donors (Lipinski definition) is 2. The molecule has 1 heterocycles. The molecule has 4 rings (SSSR count). The lowest BCUT2D eigenvalue weighted by Gasteiger charge is -2.13. The van der Waals surface area contributed by atoms with Gasteiger partial charge in [-0.25, -0.2) is 4.79 Å². The minimum atomic E-state index is -0.672. The van der Waals surface area contributed by atoms with Crippen molar-refractivity contribution in [2.45, 2.75) is 38.6 Å². The first-order valence-electron chi connectivity index (χ1n) is 10.2. The minimum Gasteiger partial charge on any atom is -0.496 e. The molecule has 0 bridgehead atoms. The molecule has 1 aliphatic carbocycles. The number of anilines is 1. The van der Waals surface area contributed by atoms with Crippen molar-refractivity contribution >= 4 is 22.6 Å². The van der Waals surface area contributed by atoms with Crippen LogP contribution >= 0.6 is 0 Å². The highest BCUT2D eigenvalue weighted by Crippen LogP contribution is 2.42. The van der Waals surface area contributed by atoms with Gasteiger partial charge in [0, 0.05) is 22.2 Å². The van der Waals surface area contributed by atoms with E-state index in [1.807, 2.05) is 18.2 Å². The molecule has 2 aromatic carbocycles. The number of carbonyl (C=O) groups is 1. The highest BCUT2D eigenvalue weighted by atomic mass is 16.5. The Morgan fingerprint density at radius 3 is 2.50 bits per heavy atom. The van der Waals surface area contributed by atoms with Gasteiger partial charge in [-0.2, -0.15) is 0 Å². The zero-order chi connectivity index (χ0) is 21.5. The molecule has 3 N–H and O–H groups in total. The maximum Gasteiger partial charge on any atom is 0.349 e. The van der Waals surface area contributed by atoms with Crippen LogP contribution in [0.25, 0.3) is 11.0 Å². The van der Waals surface area contributed by atoms with Crippen LogP contribution in [0.5, 0.6) is 5.75 Å². The Bertz CT molecular complexity index is 1160. The molecule has 1 aromatic heterocycles. The van der Waals surface area contributed by atoms with Crippen molar-refractivity contribution in [2.75, 3.05) is 12.4 Å². The zero-order valence-corrected chi connectivity index (χ0v) is 17.5. The second-order valence-electron chi connectivity index (χ2n) is 8.40. The molecular weight excluding hydrogens is 380 g/mol. The van der Waals surface area contributed by atoms with Gasteiger partial charge in [-0.05, 0) is 61.1 Å². The van der Waals surface area contributed by atoms with Gasteiger partial charge in [0.05, 0.1) is 7.11 Å². The van der Waals surface area contributed by atoms with Crippen LogP contribution in [0.1, 0.15) is 48.2 Å². The van der Waals surface area contributed by atoms with E-state index in [9.17, 15) is 9.59 Å². The Balaban J connectivity index is 1.64. The van der Waals surface area contributed by atoms with Gasteiger partial charge >= 0.3 is 5.63 Å². The summed E-state index contributed by atoms with van der Waals surface area (Å²) in [5, 5.41) is 3.45. The second-order valence-corrected chi connectivity index (χ2v) is 8.40. The standard InChI is InChI=1S/C24H26N2O4/c1-14(2)12-18-20(29-3)9-4-15-13-19(23(28)30-21(15)18)22(27)26-17-7-5-16(6-8-17)24(25)10-11-24/h4-9,13-14H,10-12,25H2,1-3H3,(H,26,27). The summed E-state index contributed by atoms with van der Waals surface area (Å²) in [7, 11) is 1.59.